The van der Waals surface area contributed by atoms with Gasteiger partial charge >= 0.3 is 0 Å². The molecule has 13 heavy (non-hydrogen) atoms. The summed E-state index contributed by atoms with van der Waals surface area (Å²) in [4.78, 5) is 10.8. The average molecular weight is 263 g/mol. The molecule has 0 spiro atoms. The number of rotatable bonds is 3. The molecule has 2 nitrogen and oxygen atoms in total. The molecule has 0 radical (unpaired) electrons. The summed E-state index contributed by atoms with van der Waals surface area (Å²) in [7, 11) is 0. The number of carbonyl (C=O) groups is 1. The lowest BCUT2D eigenvalue weighted by molar-refractivity contribution is -0.118. The van der Waals surface area contributed by atoms with Gasteiger partial charge < -0.3 is 5.32 Å². The van der Waals surface area contributed by atoms with E-state index in [-0.39, 0.29) is 11.8 Å². The number of halogens is 2. The van der Waals surface area contributed by atoms with Crippen LogP contribution >= 0.6 is 27.5 Å². The molecular weight excluding hydrogens is 253 g/mol. The number of carbonyl (C=O) groups excluding carboxylic acids is 1. The summed E-state index contributed by atoms with van der Waals surface area (Å²) in [5, 5.41) is 2.68. The summed E-state index contributed by atoms with van der Waals surface area (Å²) in [6.07, 6.45) is 0. The van der Waals surface area contributed by atoms with Crippen LogP contribution in [0.3, 0.4) is 0 Å². The molecule has 0 saturated carbocycles. The molecule has 4 heteroatoms. The Bertz CT molecular complexity index is 303. The molecule has 0 aliphatic rings. The van der Waals surface area contributed by atoms with E-state index in [1.807, 2.05) is 24.3 Å². The quantitative estimate of drug-likeness (QED) is 0.832. The standard InChI is InChI=1S/C9H9BrClNO/c10-8-3-1-2-7(4-8)6-12-9(13)5-11/h1-4H,5-6H2,(H,12,13). The average Bonchev–Trinajstić information content (AvgIpc) is 2.14. The van der Waals surface area contributed by atoms with Gasteiger partial charge in [-0.15, -0.1) is 11.6 Å². The zero-order valence-corrected chi connectivity index (χ0v) is 9.23. The van der Waals surface area contributed by atoms with Gasteiger partial charge in [0.15, 0.2) is 0 Å². The van der Waals surface area contributed by atoms with Crippen LogP contribution in [0.4, 0.5) is 0 Å². The predicted molar refractivity (Wildman–Crippen MR) is 56.7 cm³/mol. The van der Waals surface area contributed by atoms with E-state index < -0.39 is 0 Å². The predicted octanol–water partition coefficient (Wildman–Crippen LogP) is 2.30. The molecule has 0 atom stereocenters. The number of hydrogen-bond acceptors (Lipinski definition) is 1. The fraction of sp³-hybridized carbons (Fsp3) is 0.222. The van der Waals surface area contributed by atoms with E-state index >= 15 is 0 Å². The van der Waals surface area contributed by atoms with Crippen LogP contribution in [0, 0.1) is 0 Å². The van der Waals surface area contributed by atoms with Crippen molar-refractivity contribution < 1.29 is 4.79 Å². The SMILES string of the molecule is O=C(CCl)NCc1cccc(Br)c1. The van der Waals surface area contributed by atoms with Crippen molar-refractivity contribution in [2.45, 2.75) is 6.54 Å². The Labute approximate surface area is 90.4 Å². The highest BCUT2D eigenvalue weighted by molar-refractivity contribution is 9.10. The number of amides is 1. The van der Waals surface area contributed by atoms with Crippen molar-refractivity contribution in [2.75, 3.05) is 5.88 Å². The second kappa shape index (κ2) is 5.25. The van der Waals surface area contributed by atoms with E-state index in [1.165, 1.54) is 0 Å². The lowest BCUT2D eigenvalue weighted by Crippen LogP contribution is -2.23. The van der Waals surface area contributed by atoms with E-state index in [9.17, 15) is 4.79 Å². The molecule has 0 aromatic heterocycles. The fourth-order valence-corrected chi connectivity index (χ4v) is 1.44. The van der Waals surface area contributed by atoms with Crippen LogP contribution in [0.2, 0.25) is 0 Å². The highest BCUT2D eigenvalue weighted by atomic mass is 79.9. The molecule has 1 rings (SSSR count). The van der Waals surface area contributed by atoms with Crippen molar-refractivity contribution in [3.63, 3.8) is 0 Å². The number of hydrogen-bond donors (Lipinski definition) is 1. The Morgan fingerprint density at radius 2 is 2.31 bits per heavy atom. The third-order valence-corrected chi connectivity index (χ3v) is 2.24. The van der Waals surface area contributed by atoms with Gasteiger partial charge in [-0.25, -0.2) is 0 Å². The van der Waals surface area contributed by atoms with Gasteiger partial charge in [-0.3, -0.25) is 4.79 Å². The number of nitrogens with one attached hydrogen (secondary N) is 1. The molecule has 1 N–H and O–H groups in total. The van der Waals surface area contributed by atoms with E-state index in [0.717, 1.165) is 10.0 Å². The summed E-state index contributed by atoms with van der Waals surface area (Å²) in [5.41, 5.74) is 1.05. The zero-order chi connectivity index (χ0) is 9.68. The first-order valence-electron chi connectivity index (χ1n) is 3.79. The van der Waals surface area contributed by atoms with E-state index in [0.29, 0.717) is 6.54 Å². The van der Waals surface area contributed by atoms with Crippen LogP contribution in [0.1, 0.15) is 5.56 Å². The molecule has 0 aliphatic carbocycles. The first kappa shape index (κ1) is 10.5. The second-order valence-corrected chi connectivity index (χ2v) is 3.72. The molecule has 0 bridgehead atoms. The summed E-state index contributed by atoms with van der Waals surface area (Å²) in [5.74, 6) is -0.143. The van der Waals surface area contributed by atoms with Crippen LogP contribution in [0.15, 0.2) is 28.7 Å². The van der Waals surface area contributed by atoms with Gasteiger partial charge in [0.1, 0.15) is 5.88 Å². The Hall–Kier alpha value is -0.540. The topological polar surface area (TPSA) is 29.1 Å². The van der Waals surface area contributed by atoms with Crippen LogP contribution in [-0.4, -0.2) is 11.8 Å². The van der Waals surface area contributed by atoms with Crippen molar-refractivity contribution >= 4 is 33.4 Å². The van der Waals surface area contributed by atoms with Gasteiger partial charge in [-0.05, 0) is 17.7 Å². The fourth-order valence-electron chi connectivity index (χ4n) is 0.895. The van der Waals surface area contributed by atoms with Crippen LogP contribution < -0.4 is 5.32 Å². The van der Waals surface area contributed by atoms with Crippen LogP contribution in [0.25, 0.3) is 0 Å². The summed E-state index contributed by atoms with van der Waals surface area (Å²) in [6.45, 7) is 0.519. The van der Waals surface area contributed by atoms with Gasteiger partial charge in [-0.2, -0.15) is 0 Å². The maximum atomic E-state index is 10.8. The molecule has 70 valence electrons. The largest absolute Gasteiger partial charge is 0.351 e. The second-order valence-electron chi connectivity index (χ2n) is 2.54. The minimum absolute atomic E-state index is 0.00794. The smallest absolute Gasteiger partial charge is 0.235 e. The van der Waals surface area contributed by atoms with Crippen LogP contribution in [0.5, 0.6) is 0 Å². The minimum atomic E-state index is -0.151. The van der Waals surface area contributed by atoms with Gasteiger partial charge in [0.05, 0.1) is 0 Å². The van der Waals surface area contributed by atoms with Crippen molar-refractivity contribution in [3.8, 4) is 0 Å². The molecule has 0 saturated heterocycles. The molecule has 0 unspecified atom stereocenters. The molecule has 0 heterocycles. The summed E-state index contributed by atoms with van der Waals surface area (Å²) in [6, 6.07) is 7.76. The van der Waals surface area contributed by atoms with Gasteiger partial charge in [0, 0.05) is 11.0 Å². The third kappa shape index (κ3) is 3.79. The van der Waals surface area contributed by atoms with Crippen molar-refractivity contribution in [3.05, 3.63) is 34.3 Å². The van der Waals surface area contributed by atoms with Crippen LogP contribution in [-0.2, 0) is 11.3 Å². The molecule has 1 aromatic carbocycles. The number of alkyl halides is 1. The van der Waals surface area contributed by atoms with Gasteiger partial charge in [0.25, 0.3) is 0 Å². The maximum Gasteiger partial charge on any atom is 0.235 e. The maximum absolute atomic E-state index is 10.8. The van der Waals surface area contributed by atoms with E-state index in [1.54, 1.807) is 0 Å². The van der Waals surface area contributed by atoms with Crippen molar-refractivity contribution in [1.82, 2.24) is 5.32 Å². The van der Waals surface area contributed by atoms with E-state index in [4.69, 9.17) is 11.6 Å². The molecule has 0 aliphatic heterocycles. The molecule has 0 fully saturated rings. The first-order chi connectivity index (χ1) is 6.22. The molecular formula is C9H9BrClNO. The Morgan fingerprint density at radius 3 is 2.92 bits per heavy atom. The Balaban J connectivity index is 2.50. The van der Waals surface area contributed by atoms with Crippen molar-refractivity contribution in [2.24, 2.45) is 0 Å². The third-order valence-electron chi connectivity index (χ3n) is 1.50. The van der Waals surface area contributed by atoms with Gasteiger partial charge in [-0.1, -0.05) is 28.1 Å². The first-order valence-corrected chi connectivity index (χ1v) is 5.12. The lowest BCUT2D eigenvalue weighted by atomic mass is 10.2. The highest BCUT2D eigenvalue weighted by Gasteiger charge is 1.98. The normalized spacial score (nSPS) is 9.69. The van der Waals surface area contributed by atoms with E-state index in [2.05, 4.69) is 21.2 Å². The lowest BCUT2D eigenvalue weighted by Gasteiger charge is -2.02. The molecule has 1 aromatic rings. The Kier molecular flexibility index (Phi) is 4.25. The Morgan fingerprint density at radius 1 is 1.54 bits per heavy atom. The molecule has 1 amide bonds. The zero-order valence-electron chi connectivity index (χ0n) is 6.89. The number of benzene rings is 1. The monoisotopic (exact) mass is 261 g/mol. The van der Waals surface area contributed by atoms with Crippen molar-refractivity contribution in [1.29, 1.82) is 0 Å². The summed E-state index contributed by atoms with van der Waals surface area (Å²) < 4.78 is 1.00. The van der Waals surface area contributed by atoms with Gasteiger partial charge in [0.2, 0.25) is 5.91 Å². The minimum Gasteiger partial charge on any atom is -0.351 e. The highest BCUT2D eigenvalue weighted by Crippen LogP contribution is 2.11. The summed E-state index contributed by atoms with van der Waals surface area (Å²) >= 11 is 8.68.